The van der Waals surface area contributed by atoms with Gasteiger partial charge in [-0.25, -0.2) is 0 Å². The zero-order valence-corrected chi connectivity index (χ0v) is 12.1. The first-order valence-electron chi connectivity index (χ1n) is 7.02. The van der Waals surface area contributed by atoms with Crippen molar-refractivity contribution in [3.05, 3.63) is 28.8 Å². The van der Waals surface area contributed by atoms with Crippen LogP contribution >= 0.6 is 11.6 Å². The van der Waals surface area contributed by atoms with E-state index in [4.69, 9.17) is 21.1 Å². The van der Waals surface area contributed by atoms with Crippen LogP contribution in [0.15, 0.2) is 18.2 Å². The molecular formula is C15H18ClNO3. The minimum atomic E-state index is 0.0140. The van der Waals surface area contributed by atoms with Gasteiger partial charge in [-0.2, -0.15) is 0 Å². The van der Waals surface area contributed by atoms with Gasteiger partial charge in [0.05, 0.1) is 12.7 Å². The quantitative estimate of drug-likeness (QED) is 0.860. The molecule has 2 aliphatic heterocycles. The molecule has 0 saturated carbocycles. The Morgan fingerprint density at radius 1 is 1.50 bits per heavy atom. The Bertz CT molecular complexity index is 500. The molecule has 4 nitrogen and oxygen atoms in total. The predicted octanol–water partition coefficient (Wildman–Crippen LogP) is 2.42. The van der Waals surface area contributed by atoms with E-state index in [1.807, 2.05) is 23.1 Å². The second kappa shape index (κ2) is 6.12. The van der Waals surface area contributed by atoms with Gasteiger partial charge in [-0.15, -0.1) is 0 Å². The molecule has 0 N–H and O–H groups in total. The van der Waals surface area contributed by atoms with Crippen molar-refractivity contribution in [2.24, 2.45) is 0 Å². The second-order valence-electron chi connectivity index (χ2n) is 5.22. The fourth-order valence-electron chi connectivity index (χ4n) is 2.74. The summed E-state index contributed by atoms with van der Waals surface area (Å²) in [6.45, 7) is 2.19. The summed E-state index contributed by atoms with van der Waals surface area (Å²) in [6, 6.07) is 5.70. The lowest BCUT2D eigenvalue weighted by Gasteiger charge is -2.29. The largest absolute Gasteiger partial charge is 0.379 e. The maximum absolute atomic E-state index is 12.3. The fraction of sp³-hybridized carbons (Fsp3) is 0.533. The molecule has 1 saturated heterocycles. The highest BCUT2D eigenvalue weighted by Gasteiger charge is 2.24. The molecule has 1 atom stereocenters. The Morgan fingerprint density at radius 2 is 2.40 bits per heavy atom. The summed E-state index contributed by atoms with van der Waals surface area (Å²) in [4.78, 5) is 14.1. The van der Waals surface area contributed by atoms with Gasteiger partial charge in [-0.1, -0.05) is 11.6 Å². The van der Waals surface area contributed by atoms with Gasteiger partial charge in [0, 0.05) is 23.9 Å². The molecule has 0 aromatic heterocycles. The highest BCUT2D eigenvalue weighted by molar-refractivity contribution is 6.30. The molecule has 0 aliphatic carbocycles. The number of anilines is 1. The zero-order valence-electron chi connectivity index (χ0n) is 11.3. The Balaban J connectivity index is 1.66. The monoisotopic (exact) mass is 295 g/mol. The van der Waals surface area contributed by atoms with E-state index in [0.29, 0.717) is 6.61 Å². The van der Waals surface area contributed by atoms with E-state index in [1.165, 1.54) is 0 Å². The van der Waals surface area contributed by atoms with Crippen LogP contribution in [0, 0.1) is 0 Å². The number of ether oxygens (including phenoxy) is 2. The summed E-state index contributed by atoms with van der Waals surface area (Å²) in [5.74, 6) is 0.0140. The van der Waals surface area contributed by atoms with Gasteiger partial charge in [-0.05, 0) is 43.0 Å². The predicted molar refractivity (Wildman–Crippen MR) is 77.3 cm³/mol. The molecule has 1 unspecified atom stereocenters. The summed E-state index contributed by atoms with van der Waals surface area (Å²) in [5.41, 5.74) is 2.11. The molecule has 1 fully saturated rings. The van der Waals surface area contributed by atoms with E-state index < -0.39 is 0 Å². The first kappa shape index (κ1) is 13.9. The van der Waals surface area contributed by atoms with E-state index in [0.717, 1.165) is 48.7 Å². The van der Waals surface area contributed by atoms with Crippen LogP contribution in [-0.2, 0) is 20.7 Å². The SMILES string of the molecule is O=C(COC1CCOC1)N1CCCc2cc(Cl)ccc21. The third-order valence-electron chi connectivity index (χ3n) is 3.79. The molecule has 3 rings (SSSR count). The molecule has 5 heteroatoms. The van der Waals surface area contributed by atoms with Crippen molar-refractivity contribution in [1.82, 2.24) is 0 Å². The normalized spacial score (nSPS) is 21.9. The number of hydrogen-bond donors (Lipinski definition) is 0. The Kier molecular flexibility index (Phi) is 4.24. The number of amides is 1. The van der Waals surface area contributed by atoms with Gasteiger partial charge < -0.3 is 14.4 Å². The Labute approximate surface area is 123 Å². The van der Waals surface area contributed by atoms with Crippen LogP contribution in [-0.4, -0.2) is 38.4 Å². The number of carbonyl (C=O) groups excluding carboxylic acids is 1. The van der Waals surface area contributed by atoms with Crippen molar-refractivity contribution in [1.29, 1.82) is 0 Å². The number of halogens is 1. The summed E-state index contributed by atoms with van der Waals surface area (Å²) < 4.78 is 10.9. The molecule has 2 aliphatic rings. The number of rotatable bonds is 3. The van der Waals surface area contributed by atoms with Crippen molar-refractivity contribution in [2.75, 3.05) is 31.3 Å². The van der Waals surface area contributed by atoms with Gasteiger partial charge in [0.1, 0.15) is 6.61 Å². The van der Waals surface area contributed by atoms with E-state index >= 15 is 0 Å². The maximum atomic E-state index is 12.3. The molecule has 0 bridgehead atoms. The lowest BCUT2D eigenvalue weighted by atomic mass is 10.0. The number of carbonyl (C=O) groups is 1. The average Bonchev–Trinajstić information content (AvgIpc) is 2.97. The topological polar surface area (TPSA) is 38.8 Å². The van der Waals surface area contributed by atoms with Crippen LogP contribution in [0.5, 0.6) is 0 Å². The first-order chi connectivity index (χ1) is 9.74. The summed E-state index contributed by atoms with van der Waals surface area (Å²) in [6.07, 6.45) is 2.87. The van der Waals surface area contributed by atoms with Gasteiger partial charge in [0.2, 0.25) is 0 Å². The van der Waals surface area contributed by atoms with Crippen LogP contribution < -0.4 is 4.90 Å². The molecule has 1 aromatic carbocycles. The van der Waals surface area contributed by atoms with Crippen LogP contribution in [0.2, 0.25) is 5.02 Å². The number of hydrogen-bond acceptors (Lipinski definition) is 3. The van der Waals surface area contributed by atoms with E-state index in [1.54, 1.807) is 0 Å². The second-order valence-corrected chi connectivity index (χ2v) is 5.66. The van der Waals surface area contributed by atoms with Crippen LogP contribution in [0.4, 0.5) is 5.69 Å². The van der Waals surface area contributed by atoms with E-state index in [9.17, 15) is 4.79 Å². The highest BCUT2D eigenvalue weighted by atomic mass is 35.5. The molecular weight excluding hydrogens is 278 g/mol. The maximum Gasteiger partial charge on any atom is 0.252 e. The molecule has 20 heavy (non-hydrogen) atoms. The highest BCUT2D eigenvalue weighted by Crippen LogP contribution is 2.29. The summed E-state index contributed by atoms with van der Waals surface area (Å²) in [7, 11) is 0. The molecule has 108 valence electrons. The fourth-order valence-corrected chi connectivity index (χ4v) is 2.93. The van der Waals surface area contributed by atoms with Crippen molar-refractivity contribution in [3.63, 3.8) is 0 Å². The molecule has 0 spiro atoms. The van der Waals surface area contributed by atoms with Crippen molar-refractivity contribution < 1.29 is 14.3 Å². The smallest absolute Gasteiger partial charge is 0.252 e. The number of benzene rings is 1. The standard InChI is InChI=1S/C15H18ClNO3/c16-12-3-4-14-11(8-12)2-1-6-17(14)15(18)10-20-13-5-7-19-9-13/h3-4,8,13H,1-2,5-7,9-10H2. The Morgan fingerprint density at radius 3 is 3.20 bits per heavy atom. The minimum Gasteiger partial charge on any atom is -0.379 e. The number of nitrogens with zero attached hydrogens (tertiary/aromatic N) is 1. The van der Waals surface area contributed by atoms with Gasteiger partial charge in [-0.3, -0.25) is 4.79 Å². The van der Waals surface area contributed by atoms with Crippen molar-refractivity contribution >= 4 is 23.2 Å². The molecule has 0 radical (unpaired) electrons. The zero-order chi connectivity index (χ0) is 13.9. The van der Waals surface area contributed by atoms with Crippen LogP contribution in [0.25, 0.3) is 0 Å². The van der Waals surface area contributed by atoms with Crippen molar-refractivity contribution in [3.8, 4) is 0 Å². The third kappa shape index (κ3) is 2.97. The number of fused-ring (bicyclic) bond motifs is 1. The Hall–Kier alpha value is -1.10. The molecule has 1 amide bonds. The van der Waals surface area contributed by atoms with Gasteiger partial charge >= 0.3 is 0 Å². The lowest BCUT2D eigenvalue weighted by molar-refractivity contribution is -0.125. The lowest BCUT2D eigenvalue weighted by Crippen LogP contribution is -2.38. The van der Waals surface area contributed by atoms with Crippen LogP contribution in [0.3, 0.4) is 0 Å². The van der Waals surface area contributed by atoms with Gasteiger partial charge in [0.25, 0.3) is 5.91 Å². The summed E-state index contributed by atoms with van der Waals surface area (Å²) in [5, 5.41) is 0.720. The van der Waals surface area contributed by atoms with Crippen LogP contribution in [0.1, 0.15) is 18.4 Å². The van der Waals surface area contributed by atoms with E-state index in [-0.39, 0.29) is 18.6 Å². The molecule has 1 aromatic rings. The third-order valence-corrected chi connectivity index (χ3v) is 4.03. The average molecular weight is 296 g/mol. The van der Waals surface area contributed by atoms with Gasteiger partial charge in [0.15, 0.2) is 0 Å². The van der Waals surface area contributed by atoms with Crippen molar-refractivity contribution in [2.45, 2.75) is 25.4 Å². The van der Waals surface area contributed by atoms with E-state index in [2.05, 4.69) is 0 Å². The minimum absolute atomic E-state index is 0.0140. The number of aryl methyl sites for hydroxylation is 1. The molecule has 2 heterocycles. The summed E-state index contributed by atoms with van der Waals surface area (Å²) >= 11 is 6.01. The first-order valence-corrected chi connectivity index (χ1v) is 7.40.